The quantitative estimate of drug-likeness (QED) is 0.366. The Kier molecular flexibility index (Phi) is 2.28. The van der Waals surface area contributed by atoms with Crippen molar-refractivity contribution in [3.05, 3.63) is 0 Å². The summed E-state index contributed by atoms with van der Waals surface area (Å²) in [6, 6.07) is 0. The Bertz CT molecular complexity index is 8.00. The standard InChI is InChI=1S/3H2O.Sn/h3*1H2;/q;;;+3/p-3. The van der Waals surface area contributed by atoms with E-state index in [0.717, 1.165) is 0 Å². The van der Waals surface area contributed by atoms with Gasteiger partial charge in [-0.05, 0) is 0 Å². The Morgan fingerprint density at radius 3 is 1.00 bits per heavy atom. The summed E-state index contributed by atoms with van der Waals surface area (Å²) in [6.45, 7) is 0. The van der Waals surface area contributed by atoms with Crippen LogP contribution in [-0.2, 0) is 0 Å². The second-order valence-electron chi connectivity index (χ2n) is 0.300. The van der Waals surface area contributed by atoms with Crippen molar-refractivity contribution < 1.29 is 10.3 Å². The molecule has 25 valence electrons. The first-order valence-electron chi connectivity index (χ1n) is 0.671. The summed E-state index contributed by atoms with van der Waals surface area (Å²) in [5, 5.41) is 0. The Morgan fingerprint density at radius 1 is 1.00 bits per heavy atom. The van der Waals surface area contributed by atoms with Gasteiger partial charge in [-0.25, -0.2) is 0 Å². The second kappa shape index (κ2) is 1.95. The first-order chi connectivity index (χ1) is 1.73. The average molecular weight is 170 g/mol. The first-order valence-corrected chi connectivity index (χ1v) is 4.50. The summed E-state index contributed by atoms with van der Waals surface area (Å²) in [5.74, 6) is 0. The Balaban J connectivity index is 2.32. The van der Waals surface area contributed by atoms with Crippen molar-refractivity contribution >= 4 is 21.0 Å². The number of rotatable bonds is 0. The Morgan fingerprint density at radius 2 is 1.00 bits per heavy atom. The zero-order valence-corrected chi connectivity index (χ0v) is 4.70. The molecule has 0 aromatic heterocycles. The van der Waals surface area contributed by atoms with Crippen LogP contribution < -0.4 is 0 Å². The van der Waals surface area contributed by atoms with E-state index in [4.69, 9.17) is 10.3 Å². The molecule has 3 nitrogen and oxygen atoms in total. The van der Waals surface area contributed by atoms with Gasteiger partial charge in [0.1, 0.15) is 0 Å². The summed E-state index contributed by atoms with van der Waals surface area (Å²) >= 11 is -3.54. The third kappa shape index (κ3) is 16.4. The maximum atomic E-state index is 7.36. The predicted octanol–water partition coefficient (Wildman–Crippen LogP) is -2.05. The number of hydrogen-bond acceptors (Lipinski definition) is 3. The van der Waals surface area contributed by atoms with Crippen LogP contribution in [0.3, 0.4) is 0 Å². The first kappa shape index (κ1) is 4.68. The molecule has 0 spiro atoms. The monoisotopic (exact) mass is 171 g/mol. The summed E-state index contributed by atoms with van der Waals surface area (Å²) in [6.07, 6.45) is 0. The Hall–Kier alpha value is 0.679. The molecule has 0 bridgehead atoms. The van der Waals surface area contributed by atoms with E-state index in [2.05, 4.69) is 0 Å². The van der Waals surface area contributed by atoms with E-state index < -0.39 is 21.0 Å². The topological polar surface area (TPSA) is 60.7 Å². The van der Waals surface area contributed by atoms with Gasteiger partial charge in [0.05, 0.1) is 0 Å². The van der Waals surface area contributed by atoms with Crippen LogP contribution in [0.2, 0.25) is 0 Å². The molecule has 0 atom stereocenters. The van der Waals surface area contributed by atoms with Gasteiger partial charge in [-0.2, -0.15) is 0 Å². The Labute approximate surface area is 31.9 Å². The van der Waals surface area contributed by atoms with Crippen LogP contribution in [-0.4, -0.2) is 31.3 Å². The van der Waals surface area contributed by atoms with Crippen LogP contribution in [0.1, 0.15) is 0 Å². The van der Waals surface area contributed by atoms with Crippen molar-refractivity contribution in [2.75, 3.05) is 0 Å². The molecule has 0 unspecified atom stereocenters. The van der Waals surface area contributed by atoms with Crippen molar-refractivity contribution in [1.29, 1.82) is 0 Å². The molecule has 0 fully saturated rings. The van der Waals surface area contributed by atoms with Crippen molar-refractivity contribution in [3.63, 3.8) is 0 Å². The van der Waals surface area contributed by atoms with Gasteiger partial charge in [0.2, 0.25) is 0 Å². The average Bonchev–Trinajstić information content (AvgIpc) is 0.811. The normalized spacial score (nSPS) is 9.00. The third-order valence-corrected chi connectivity index (χ3v) is 0. The van der Waals surface area contributed by atoms with Crippen LogP contribution in [0.25, 0.3) is 0 Å². The predicted molar refractivity (Wildman–Crippen MR) is 12.4 cm³/mol. The van der Waals surface area contributed by atoms with Gasteiger partial charge in [-0.3, -0.25) is 0 Å². The van der Waals surface area contributed by atoms with Gasteiger partial charge < -0.3 is 0 Å². The minimum atomic E-state index is -3.54. The molecule has 3 N–H and O–H groups in total. The van der Waals surface area contributed by atoms with Crippen LogP contribution in [0.4, 0.5) is 0 Å². The van der Waals surface area contributed by atoms with Crippen molar-refractivity contribution in [1.82, 2.24) is 0 Å². The molecule has 0 aliphatic rings. The van der Waals surface area contributed by atoms with E-state index >= 15 is 0 Å². The molecule has 0 saturated heterocycles. The fraction of sp³-hybridized carbons (Fsp3) is 0. The van der Waals surface area contributed by atoms with E-state index in [0.29, 0.717) is 0 Å². The van der Waals surface area contributed by atoms with Gasteiger partial charge >= 0.3 is 31.3 Å². The van der Waals surface area contributed by atoms with Crippen LogP contribution in [0, 0.1) is 0 Å². The van der Waals surface area contributed by atoms with E-state index in [1.165, 1.54) is 0 Å². The van der Waals surface area contributed by atoms with Gasteiger partial charge in [0.15, 0.2) is 0 Å². The van der Waals surface area contributed by atoms with Gasteiger partial charge in [0, 0.05) is 0 Å². The van der Waals surface area contributed by atoms with Crippen molar-refractivity contribution in [2.24, 2.45) is 0 Å². The molecule has 0 saturated carbocycles. The third-order valence-electron chi connectivity index (χ3n) is 0. The molecular weight excluding hydrogens is 167 g/mol. The molecule has 0 heterocycles. The summed E-state index contributed by atoms with van der Waals surface area (Å²) in [4.78, 5) is 0. The van der Waals surface area contributed by atoms with Gasteiger partial charge in [0.25, 0.3) is 0 Å². The molecule has 0 aliphatic carbocycles. The molecule has 0 aromatic rings. The minimum absolute atomic E-state index is 3.54. The van der Waals surface area contributed by atoms with E-state index in [-0.39, 0.29) is 0 Å². The molecular formula is H3O3Sn. The maximum absolute atomic E-state index is 7.36. The second-order valence-corrected chi connectivity index (χ2v) is 2.01. The fourth-order valence-corrected chi connectivity index (χ4v) is 0. The zero-order chi connectivity index (χ0) is 3.58. The molecule has 0 aromatic carbocycles. The SMILES string of the molecule is [OH][Sn]([OH])[OH]. The van der Waals surface area contributed by atoms with Crippen molar-refractivity contribution in [3.8, 4) is 0 Å². The molecule has 0 amide bonds. The molecule has 0 aliphatic heterocycles. The number of hydrogen-bond donors (Lipinski definition) is 3. The molecule has 0 rings (SSSR count). The van der Waals surface area contributed by atoms with Gasteiger partial charge in [-0.1, -0.05) is 0 Å². The zero-order valence-electron chi connectivity index (χ0n) is 1.84. The molecule has 1 radical (unpaired) electrons. The van der Waals surface area contributed by atoms with Crippen LogP contribution in [0.15, 0.2) is 0 Å². The molecule has 4 heteroatoms. The molecule has 4 heavy (non-hydrogen) atoms. The summed E-state index contributed by atoms with van der Waals surface area (Å²) in [5.41, 5.74) is 0. The van der Waals surface area contributed by atoms with E-state index in [1.54, 1.807) is 0 Å². The summed E-state index contributed by atoms with van der Waals surface area (Å²) < 4.78 is 22.1. The fourth-order valence-electron chi connectivity index (χ4n) is 0. The van der Waals surface area contributed by atoms with Crippen LogP contribution in [0.5, 0.6) is 0 Å². The summed E-state index contributed by atoms with van der Waals surface area (Å²) in [7, 11) is 0. The van der Waals surface area contributed by atoms with Gasteiger partial charge in [-0.15, -0.1) is 0 Å². The van der Waals surface area contributed by atoms with Crippen molar-refractivity contribution in [2.45, 2.75) is 0 Å². The van der Waals surface area contributed by atoms with Crippen LogP contribution >= 0.6 is 0 Å². The van der Waals surface area contributed by atoms with E-state index in [9.17, 15) is 0 Å². The van der Waals surface area contributed by atoms with E-state index in [1.807, 2.05) is 0 Å².